The van der Waals surface area contributed by atoms with E-state index in [1.807, 2.05) is 23.8 Å². The zero-order valence-electron chi connectivity index (χ0n) is 9.91. The van der Waals surface area contributed by atoms with Crippen molar-refractivity contribution in [3.63, 3.8) is 0 Å². The Morgan fingerprint density at radius 3 is 2.65 bits per heavy atom. The molecule has 2 aromatic heterocycles. The minimum absolute atomic E-state index is 0.233. The Kier molecular flexibility index (Phi) is 4.25. The van der Waals surface area contributed by atoms with E-state index in [1.54, 1.807) is 18.4 Å². The summed E-state index contributed by atoms with van der Waals surface area (Å²) >= 11 is 7.16. The number of thiophene rings is 2. The first-order valence-electron chi connectivity index (χ1n) is 5.21. The van der Waals surface area contributed by atoms with Crippen LogP contribution in [-0.2, 0) is 0 Å². The SMILES string of the molecule is CNC(c1cc(OC)cs1)c1sc(C)cc1Br. The third-order valence-corrected chi connectivity index (χ3v) is 5.51. The summed E-state index contributed by atoms with van der Waals surface area (Å²) in [5.74, 6) is 0.926. The molecule has 0 radical (unpaired) electrons. The van der Waals surface area contributed by atoms with Gasteiger partial charge in [0.15, 0.2) is 0 Å². The highest BCUT2D eigenvalue weighted by atomic mass is 79.9. The number of methoxy groups -OCH3 is 1. The first kappa shape index (κ1) is 13.1. The van der Waals surface area contributed by atoms with Crippen molar-refractivity contribution in [2.45, 2.75) is 13.0 Å². The zero-order chi connectivity index (χ0) is 12.4. The molecule has 92 valence electrons. The van der Waals surface area contributed by atoms with Crippen molar-refractivity contribution >= 4 is 38.6 Å². The van der Waals surface area contributed by atoms with E-state index in [2.05, 4.69) is 40.3 Å². The summed E-state index contributed by atoms with van der Waals surface area (Å²) in [5, 5.41) is 5.40. The van der Waals surface area contributed by atoms with E-state index < -0.39 is 0 Å². The van der Waals surface area contributed by atoms with Crippen LogP contribution in [0, 0.1) is 6.92 Å². The lowest BCUT2D eigenvalue weighted by molar-refractivity contribution is 0.416. The topological polar surface area (TPSA) is 21.3 Å². The second kappa shape index (κ2) is 5.52. The number of aryl methyl sites for hydroxylation is 1. The molecule has 0 bridgehead atoms. The van der Waals surface area contributed by atoms with Crippen molar-refractivity contribution in [2.75, 3.05) is 14.2 Å². The van der Waals surface area contributed by atoms with Crippen LogP contribution in [0.2, 0.25) is 0 Å². The minimum Gasteiger partial charge on any atom is -0.496 e. The standard InChI is InChI=1S/C12H14BrNOS2/c1-7-4-9(13)12(17-7)11(14-2)10-5-8(15-3)6-16-10/h4-6,11,14H,1-3H3. The van der Waals surface area contributed by atoms with Gasteiger partial charge in [-0.15, -0.1) is 22.7 Å². The van der Waals surface area contributed by atoms with Gasteiger partial charge in [-0.25, -0.2) is 0 Å². The van der Waals surface area contributed by atoms with Crippen molar-refractivity contribution in [3.8, 4) is 5.75 Å². The number of halogens is 1. The summed E-state index contributed by atoms with van der Waals surface area (Å²) in [6.45, 7) is 2.13. The second-order valence-electron chi connectivity index (χ2n) is 3.68. The molecule has 0 saturated carbocycles. The first-order valence-corrected chi connectivity index (χ1v) is 7.70. The van der Waals surface area contributed by atoms with Crippen LogP contribution in [-0.4, -0.2) is 14.2 Å². The van der Waals surface area contributed by atoms with Gasteiger partial charge in [0.2, 0.25) is 0 Å². The molecule has 0 fully saturated rings. The van der Waals surface area contributed by atoms with Gasteiger partial charge in [-0.05, 0) is 42.0 Å². The van der Waals surface area contributed by atoms with Gasteiger partial charge in [0.05, 0.1) is 13.2 Å². The van der Waals surface area contributed by atoms with Gasteiger partial charge in [-0.1, -0.05) is 0 Å². The molecule has 0 aliphatic heterocycles. The van der Waals surface area contributed by atoms with E-state index in [0.717, 1.165) is 5.75 Å². The van der Waals surface area contributed by atoms with Gasteiger partial charge in [-0.2, -0.15) is 0 Å². The number of hydrogen-bond acceptors (Lipinski definition) is 4. The van der Waals surface area contributed by atoms with Crippen LogP contribution in [0.25, 0.3) is 0 Å². The normalized spacial score (nSPS) is 12.7. The van der Waals surface area contributed by atoms with Crippen LogP contribution in [0.3, 0.4) is 0 Å². The van der Waals surface area contributed by atoms with E-state index in [9.17, 15) is 0 Å². The number of ether oxygens (including phenoxy) is 1. The number of rotatable bonds is 4. The quantitative estimate of drug-likeness (QED) is 0.906. The number of nitrogens with one attached hydrogen (secondary N) is 1. The summed E-state index contributed by atoms with van der Waals surface area (Å²) in [7, 11) is 3.68. The third-order valence-electron chi connectivity index (χ3n) is 2.50. The molecule has 0 amide bonds. The van der Waals surface area contributed by atoms with Crippen molar-refractivity contribution in [1.29, 1.82) is 0 Å². The van der Waals surface area contributed by atoms with Crippen molar-refractivity contribution in [3.05, 3.63) is 36.6 Å². The Labute approximate surface area is 118 Å². The van der Waals surface area contributed by atoms with E-state index in [0.29, 0.717) is 0 Å². The van der Waals surface area contributed by atoms with E-state index >= 15 is 0 Å². The summed E-state index contributed by atoms with van der Waals surface area (Å²) in [6.07, 6.45) is 0. The Morgan fingerprint density at radius 1 is 1.41 bits per heavy atom. The zero-order valence-corrected chi connectivity index (χ0v) is 13.1. The summed E-state index contributed by atoms with van der Waals surface area (Å²) in [6, 6.07) is 4.49. The maximum atomic E-state index is 5.24. The molecule has 17 heavy (non-hydrogen) atoms. The molecule has 0 saturated heterocycles. The molecule has 1 unspecified atom stereocenters. The minimum atomic E-state index is 0.233. The lowest BCUT2D eigenvalue weighted by Crippen LogP contribution is -2.15. The molecule has 1 atom stereocenters. The van der Waals surface area contributed by atoms with E-state index in [4.69, 9.17) is 4.74 Å². The summed E-state index contributed by atoms with van der Waals surface area (Å²) in [4.78, 5) is 3.90. The first-order chi connectivity index (χ1) is 8.15. The predicted molar refractivity (Wildman–Crippen MR) is 78.5 cm³/mol. The molecule has 2 aromatic rings. The fraction of sp³-hybridized carbons (Fsp3) is 0.333. The molecular weight excluding hydrogens is 318 g/mol. The fourth-order valence-corrected chi connectivity index (χ4v) is 4.75. The van der Waals surface area contributed by atoms with Gasteiger partial charge in [0.25, 0.3) is 0 Å². The highest BCUT2D eigenvalue weighted by Crippen LogP contribution is 2.38. The van der Waals surface area contributed by atoms with Gasteiger partial charge >= 0.3 is 0 Å². The molecule has 5 heteroatoms. The van der Waals surface area contributed by atoms with Crippen LogP contribution >= 0.6 is 38.6 Å². The van der Waals surface area contributed by atoms with Gasteiger partial charge in [0.1, 0.15) is 5.75 Å². The van der Waals surface area contributed by atoms with Crippen LogP contribution in [0.4, 0.5) is 0 Å². The molecule has 2 nitrogen and oxygen atoms in total. The van der Waals surface area contributed by atoms with E-state index in [1.165, 1.54) is 19.1 Å². The van der Waals surface area contributed by atoms with Gasteiger partial charge in [-0.3, -0.25) is 0 Å². The maximum Gasteiger partial charge on any atom is 0.129 e. The Balaban J connectivity index is 2.36. The average Bonchev–Trinajstić information content (AvgIpc) is 2.88. The Morgan fingerprint density at radius 2 is 2.18 bits per heavy atom. The molecule has 0 aromatic carbocycles. The fourth-order valence-electron chi connectivity index (χ4n) is 1.69. The van der Waals surface area contributed by atoms with Gasteiger partial charge < -0.3 is 10.1 Å². The highest BCUT2D eigenvalue weighted by molar-refractivity contribution is 9.10. The van der Waals surface area contributed by atoms with Gasteiger partial charge in [0, 0.05) is 24.5 Å². The van der Waals surface area contributed by atoms with Crippen LogP contribution in [0.15, 0.2) is 22.0 Å². The molecule has 2 rings (SSSR count). The van der Waals surface area contributed by atoms with Crippen molar-refractivity contribution in [2.24, 2.45) is 0 Å². The van der Waals surface area contributed by atoms with Crippen LogP contribution in [0.1, 0.15) is 20.7 Å². The van der Waals surface area contributed by atoms with Crippen LogP contribution < -0.4 is 10.1 Å². The second-order valence-corrected chi connectivity index (χ2v) is 6.76. The maximum absolute atomic E-state index is 5.24. The molecule has 0 aliphatic carbocycles. The molecule has 2 heterocycles. The lowest BCUT2D eigenvalue weighted by Gasteiger charge is -2.13. The van der Waals surface area contributed by atoms with E-state index in [-0.39, 0.29) is 6.04 Å². The molecule has 0 spiro atoms. The lowest BCUT2D eigenvalue weighted by atomic mass is 10.2. The third kappa shape index (κ3) is 2.73. The van der Waals surface area contributed by atoms with Crippen LogP contribution in [0.5, 0.6) is 5.75 Å². The Bertz CT molecular complexity index is 506. The highest BCUT2D eigenvalue weighted by Gasteiger charge is 2.19. The molecule has 1 N–H and O–H groups in total. The Hall–Kier alpha value is -0.360. The predicted octanol–water partition coefficient (Wildman–Crippen LogP) is 4.20. The molecule has 0 aliphatic rings. The smallest absolute Gasteiger partial charge is 0.129 e. The largest absolute Gasteiger partial charge is 0.496 e. The summed E-state index contributed by atoms with van der Waals surface area (Å²) < 4.78 is 6.41. The monoisotopic (exact) mass is 331 g/mol. The summed E-state index contributed by atoms with van der Waals surface area (Å²) in [5.41, 5.74) is 0. The molecular formula is C12H14BrNOS2. The number of hydrogen-bond donors (Lipinski definition) is 1. The average molecular weight is 332 g/mol. The van der Waals surface area contributed by atoms with Crippen molar-refractivity contribution < 1.29 is 4.74 Å². The van der Waals surface area contributed by atoms with Crippen molar-refractivity contribution in [1.82, 2.24) is 5.32 Å².